The third kappa shape index (κ3) is 2.05. The highest BCUT2D eigenvalue weighted by atomic mass is 35.5. The van der Waals surface area contributed by atoms with E-state index in [-0.39, 0.29) is 0 Å². The number of hydrogen-bond donors (Lipinski definition) is 1. The van der Waals surface area contributed by atoms with E-state index >= 15 is 0 Å². The lowest BCUT2D eigenvalue weighted by Gasteiger charge is -2.20. The van der Waals surface area contributed by atoms with Gasteiger partial charge in [0.2, 0.25) is 0 Å². The summed E-state index contributed by atoms with van der Waals surface area (Å²) < 4.78 is 0. The van der Waals surface area contributed by atoms with Crippen LogP contribution in [0.1, 0.15) is 13.8 Å². The Bertz CT molecular complexity index is 355. The van der Waals surface area contributed by atoms with Gasteiger partial charge in [0.15, 0.2) is 0 Å². The number of nitrogens with zero attached hydrogens (tertiary/aromatic N) is 1. The van der Waals surface area contributed by atoms with Crippen LogP contribution < -0.4 is 10.6 Å². The topological polar surface area (TPSA) is 29.3 Å². The predicted molar refractivity (Wildman–Crippen MR) is 66.4 cm³/mol. The number of nitrogens with two attached hydrogens (primary N) is 1. The fraction of sp³-hybridized carbons (Fsp3) is 0.500. The maximum atomic E-state index is 5.97. The summed E-state index contributed by atoms with van der Waals surface area (Å²) in [7, 11) is 0. The second-order valence-electron chi connectivity index (χ2n) is 4.56. The number of anilines is 2. The average Bonchev–Trinajstić information content (AvgIpc) is 2.46. The maximum absolute atomic E-state index is 5.97. The molecule has 1 saturated heterocycles. The monoisotopic (exact) mass is 224 g/mol. The first-order valence-corrected chi connectivity index (χ1v) is 5.75. The summed E-state index contributed by atoms with van der Waals surface area (Å²) in [6.45, 7) is 6.76. The molecule has 1 aromatic carbocycles. The molecule has 2 nitrogen and oxygen atoms in total. The molecule has 1 heterocycles. The Morgan fingerprint density at radius 2 is 1.87 bits per heavy atom. The van der Waals surface area contributed by atoms with E-state index in [1.807, 2.05) is 18.2 Å². The van der Waals surface area contributed by atoms with Gasteiger partial charge in [-0.1, -0.05) is 25.4 Å². The van der Waals surface area contributed by atoms with Crippen molar-refractivity contribution in [2.24, 2.45) is 11.8 Å². The molecule has 2 rings (SSSR count). The molecule has 0 aliphatic carbocycles. The van der Waals surface area contributed by atoms with Crippen molar-refractivity contribution in [3.8, 4) is 0 Å². The van der Waals surface area contributed by atoms with Crippen LogP contribution in [-0.2, 0) is 0 Å². The highest BCUT2D eigenvalue weighted by Crippen LogP contribution is 2.32. The van der Waals surface area contributed by atoms with E-state index in [9.17, 15) is 0 Å². The molecule has 0 saturated carbocycles. The third-order valence-corrected chi connectivity index (χ3v) is 3.55. The van der Waals surface area contributed by atoms with Gasteiger partial charge in [-0.3, -0.25) is 0 Å². The van der Waals surface area contributed by atoms with Crippen LogP contribution in [0, 0.1) is 11.8 Å². The Balaban J connectivity index is 2.24. The standard InChI is InChI=1S/C12H17ClN2/c1-8-6-15(7-9(8)2)12-4-3-10(13)5-11(12)14/h3-5,8-9H,6-7,14H2,1-2H3. The molecule has 0 radical (unpaired) electrons. The van der Waals surface area contributed by atoms with Gasteiger partial charge >= 0.3 is 0 Å². The minimum Gasteiger partial charge on any atom is -0.397 e. The molecule has 0 amide bonds. The number of rotatable bonds is 1. The van der Waals surface area contributed by atoms with E-state index < -0.39 is 0 Å². The third-order valence-electron chi connectivity index (χ3n) is 3.32. The normalized spacial score (nSPS) is 25.9. The van der Waals surface area contributed by atoms with Crippen LogP contribution >= 0.6 is 11.6 Å². The van der Waals surface area contributed by atoms with Crippen LogP contribution in [0.4, 0.5) is 11.4 Å². The first kappa shape index (κ1) is 10.6. The van der Waals surface area contributed by atoms with Crippen LogP contribution in [0.25, 0.3) is 0 Å². The van der Waals surface area contributed by atoms with Gasteiger partial charge in [0.05, 0.1) is 11.4 Å². The van der Waals surface area contributed by atoms with Gasteiger partial charge in [0, 0.05) is 18.1 Å². The predicted octanol–water partition coefficient (Wildman–Crippen LogP) is 3.01. The molecule has 15 heavy (non-hydrogen) atoms. The second-order valence-corrected chi connectivity index (χ2v) is 5.00. The van der Waals surface area contributed by atoms with E-state index in [1.54, 1.807) is 0 Å². The molecule has 1 aliphatic heterocycles. The van der Waals surface area contributed by atoms with Gasteiger partial charge in [-0.05, 0) is 30.0 Å². The van der Waals surface area contributed by atoms with Crippen molar-refractivity contribution in [3.63, 3.8) is 0 Å². The van der Waals surface area contributed by atoms with Crippen molar-refractivity contribution in [2.75, 3.05) is 23.7 Å². The highest BCUT2D eigenvalue weighted by molar-refractivity contribution is 6.31. The zero-order chi connectivity index (χ0) is 11.0. The van der Waals surface area contributed by atoms with Gasteiger partial charge < -0.3 is 10.6 Å². The number of hydrogen-bond acceptors (Lipinski definition) is 2. The minimum absolute atomic E-state index is 0.705. The molecule has 0 spiro atoms. The quantitative estimate of drug-likeness (QED) is 0.744. The molecule has 0 aromatic heterocycles. The van der Waals surface area contributed by atoms with Crippen molar-refractivity contribution in [1.82, 2.24) is 0 Å². The Hall–Kier alpha value is -0.890. The lowest BCUT2D eigenvalue weighted by atomic mass is 10.0. The Morgan fingerprint density at radius 3 is 2.40 bits per heavy atom. The first-order valence-electron chi connectivity index (χ1n) is 5.38. The van der Waals surface area contributed by atoms with Gasteiger partial charge in [0.25, 0.3) is 0 Å². The van der Waals surface area contributed by atoms with Crippen LogP contribution in [0.5, 0.6) is 0 Å². The molecule has 1 aromatic rings. The molecule has 2 atom stereocenters. The zero-order valence-corrected chi connectivity index (χ0v) is 9.96. The molecule has 82 valence electrons. The lowest BCUT2D eigenvalue weighted by molar-refractivity contribution is 0.494. The second kappa shape index (κ2) is 3.93. The lowest BCUT2D eigenvalue weighted by Crippen LogP contribution is -2.20. The van der Waals surface area contributed by atoms with Crippen molar-refractivity contribution in [3.05, 3.63) is 23.2 Å². The number of nitrogen functional groups attached to an aromatic ring is 1. The van der Waals surface area contributed by atoms with Crippen molar-refractivity contribution < 1.29 is 0 Å². The SMILES string of the molecule is CC1CN(c2ccc(Cl)cc2N)CC1C. The van der Waals surface area contributed by atoms with Gasteiger partial charge in [0.1, 0.15) is 0 Å². The van der Waals surface area contributed by atoms with E-state index in [1.165, 1.54) is 0 Å². The fourth-order valence-corrected chi connectivity index (χ4v) is 2.32. The summed E-state index contributed by atoms with van der Waals surface area (Å²) in [4.78, 5) is 2.35. The summed E-state index contributed by atoms with van der Waals surface area (Å²) in [6.07, 6.45) is 0. The summed E-state index contributed by atoms with van der Waals surface area (Å²) in [5.74, 6) is 1.47. The van der Waals surface area contributed by atoms with E-state index in [0.29, 0.717) is 5.02 Å². The van der Waals surface area contributed by atoms with Crippen LogP contribution in [0.3, 0.4) is 0 Å². The Labute approximate surface area is 96.0 Å². The molecule has 1 fully saturated rings. The largest absolute Gasteiger partial charge is 0.397 e. The number of halogens is 1. The molecule has 3 heteroatoms. The van der Waals surface area contributed by atoms with Crippen LogP contribution in [-0.4, -0.2) is 13.1 Å². The van der Waals surface area contributed by atoms with Crippen molar-refractivity contribution >= 4 is 23.0 Å². The van der Waals surface area contributed by atoms with E-state index in [2.05, 4.69) is 18.7 Å². The van der Waals surface area contributed by atoms with Crippen LogP contribution in [0.15, 0.2) is 18.2 Å². The Kier molecular flexibility index (Phi) is 2.79. The van der Waals surface area contributed by atoms with E-state index in [0.717, 1.165) is 36.3 Å². The summed E-state index contributed by atoms with van der Waals surface area (Å²) in [5.41, 5.74) is 7.87. The summed E-state index contributed by atoms with van der Waals surface area (Å²) in [5, 5.41) is 0.705. The highest BCUT2D eigenvalue weighted by Gasteiger charge is 2.26. The summed E-state index contributed by atoms with van der Waals surface area (Å²) >= 11 is 5.88. The molecule has 1 aliphatic rings. The Morgan fingerprint density at radius 1 is 1.27 bits per heavy atom. The smallest absolute Gasteiger partial charge is 0.0601 e. The maximum Gasteiger partial charge on any atom is 0.0601 e. The van der Waals surface area contributed by atoms with Crippen molar-refractivity contribution in [2.45, 2.75) is 13.8 Å². The molecule has 2 unspecified atom stereocenters. The van der Waals surface area contributed by atoms with Gasteiger partial charge in [-0.2, -0.15) is 0 Å². The van der Waals surface area contributed by atoms with Gasteiger partial charge in [-0.25, -0.2) is 0 Å². The van der Waals surface area contributed by atoms with E-state index in [4.69, 9.17) is 17.3 Å². The molecule has 0 bridgehead atoms. The molecular weight excluding hydrogens is 208 g/mol. The number of benzene rings is 1. The van der Waals surface area contributed by atoms with Crippen LogP contribution in [0.2, 0.25) is 5.02 Å². The van der Waals surface area contributed by atoms with Gasteiger partial charge in [-0.15, -0.1) is 0 Å². The molecular formula is C12H17ClN2. The zero-order valence-electron chi connectivity index (χ0n) is 9.20. The molecule has 2 N–H and O–H groups in total. The first-order chi connectivity index (χ1) is 7.08. The summed E-state index contributed by atoms with van der Waals surface area (Å²) in [6, 6.07) is 5.74. The minimum atomic E-state index is 0.705. The fourth-order valence-electron chi connectivity index (χ4n) is 2.14. The van der Waals surface area contributed by atoms with Crippen molar-refractivity contribution in [1.29, 1.82) is 0 Å². The average molecular weight is 225 g/mol.